The molecule has 5 rings (SSSR count). The third-order valence-corrected chi connectivity index (χ3v) is 7.48. The Balaban J connectivity index is 1.69. The second-order valence-corrected chi connectivity index (χ2v) is 8.99. The molecule has 2 heterocycles. The number of nitriles is 3. The van der Waals surface area contributed by atoms with E-state index < -0.39 is 34.5 Å². The van der Waals surface area contributed by atoms with Gasteiger partial charge in [0, 0.05) is 5.56 Å². The Morgan fingerprint density at radius 3 is 2.00 bits per heavy atom. The van der Waals surface area contributed by atoms with Crippen LogP contribution in [-0.4, -0.2) is 13.0 Å². The predicted molar refractivity (Wildman–Crippen MR) is 130 cm³/mol. The van der Waals surface area contributed by atoms with E-state index in [1.54, 1.807) is 50.4 Å². The molecule has 7 nitrogen and oxygen atoms in total. The van der Waals surface area contributed by atoms with Gasteiger partial charge in [-0.3, -0.25) is 5.41 Å². The van der Waals surface area contributed by atoms with Gasteiger partial charge in [-0.25, -0.2) is 0 Å². The second kappa shape index (κ2) is 8.24. The zero-order valence-corrected chi connectivity index (χ0v) is 19.7. The van der Waals surface area contributed by atoms with Crippen molar-refractivity contribution >= 4 is 5.90 Å². The van der Waals surface area contributed by atoms with Crippen LogP contribution in [0.15, 0.2) is 78.9 Å². The van der Waals surface area contributed by atoms with Crippen LogP contribution in [0.3, 0.4) is 0 Å². The van der Waals surface area contributed by atoms with Crippen molar-refractivity contribution in [2.45, 2.75) is 18.8 Å². The van der Waals surface area contributed by atoms with Gasteiger partial charge in [0.15, 0.2) is 5.41 Å². The summed E-state index contributed by atoms with van der Waals surface area (Å²) in [5.41, 5.74) is -0.790. The topological polar surface area (TPSA) is 123 Å². The van der Waals surface area contributed by atoms with Crippen LogP contribution in [0.4, 0.5) is 0 Å². The average Bonchev–Trinajstić information content (AvgIpc) is 3.10. The molecule has 2 aliphatic rings. The Bertz CT molecular complexity index is 1430. The van der Waals surface area contributed by atoms with Crippen LogP contribution in [0, 0.1) is 56.2 Å². The molecule has 1 N–H and O–H groups in total. The van der Waals surface area contributed by atoms with E-state index >= 15 is 0 Å². The summed E-state index contributed by atoms with van der Waals surface area (Å²) in [5.74, 6) is -2.19. The van der Waals surface area contributed by atoms with Crippen molar-refractivity contribution in [3.63, 3.8) is 0 Å². The summed E-state index contributed by atoms with van der Waals surface area (Å²) >= 11 is 0. The summed E-state index contributed by atoms with van der Waals surface area (Å²) < 4.78 is 17.9. The predicted octanol–water partition coefficient (Wildman–Crippen LogP) is 5.47. The fourth-order valence-corrected chi connectivity index (χ4v) is 5.47. The van der Waals surface area contributed by atoms with Gasteiger partial charge in [0.1, 0.15) is 11.9 Å². The van der Waals surface area contributed by atoms with Gasteiger partial charge >= 0.3 is 0 Å². The number of ether oxygens (including phenoxy) is 3. The van der Waals surface area contributed by atoms with Gasteiger partial charge in [0.2, 0.25) is 17.1 Å². The van der Waals surface area contributed by atoms with Crippen molar-refractivity contribution in [1.82, 2.24) is 0 Å². The van der Waals surface area contributed by atoms with E-state index in [4.69, 9.17) is 19.6 Å². The van der Waals surface area contributed by atoms with Gasteiger partial charge in [0.25, 0.3) is 0 Å². The highest BCUT2D eigenvalue weighted by atomic mass is 16.7. The van der Waals surface area contributed by atoms with Crippen LogP contribution >= 0.6 is 0 Å². The van der Waals surface area contributed by atoms with Crippen LogP contribution in [0.5, 0.6) is 5.75 Å². The smallest absolute Gasteiger partial charge is 0.244 e. The van der Waals surface area contributed by atoms with Crippen LogP contribution in [-0.2, 0) is 15.3 Å². The third-order valence-electron chi connectivity index (χ3n) is 7.48. The Morgan fingerprint density at radius 1 is 0.833 bits per heavy atom. The number of rotatable bonds is 4. The molecule has 3 aromatic rings. The molecule has 3 aromatic carbocycles. The van der Waals surface area contributed by atoms with Crippen LogP contribution in [0.2, 0.25) is 0 Å². The number of benzene rings is 3. The van der Waals surface area contributed by atoms with Crippen molar-refractivity contribution in [3.8, 4) is 35.1 Å². The zero-order chi connectivity index (χ0) is 25.6. The maximum atomic E-state index is 10.5. The minimum atomic E-state index is -2.01. The highest BCUT2D eigenvalue weighted by Gasteiger charge is 2.79. The molecule has 2 fully saturated rings. The van der Waals surface area contributed by atoms with Crippen LogP contribution < -0.4 is 4.74 Å². The highest BCUT2D eigenvalue weighted by molar-refractivity contribution is 5.89. The van der Waals surface area contributed by atoms with E-state index in [0.717, 1.165) is 11.1 Å². The number of fused-ring (bicyclic) bond motifs is 2. The number of methoxy groups -OCH3 is 1. The number of hydrogen-bond donors (Lipinski definition) is 1. The maximum absolute atomic E-state index is 10.5. The zero-order valence-electron chi connectivity index (χ0n) is 19.7. The molecule has 0 amide bonds. The van der Waals surface area contributed by atoms with E-state index in [-0.39, 0.29) is 0 Å². The van der Waals surface area contributed by atoms with Gasteiger partial charge in [-0.05, 0) is 41.0 Å². The molecular formula is C29H22N4O3. The van der Waals surface area contributed by atoms with Gasteiger partial charge in [-0.15, -0.1) is 0 Å². The lowest BCUT2D eigenvalue weighted by atomic mass is 9.53. The van der Waals surface area contributed by atoms with Crippen molar-refractivity contribution in [3.05, 3.63) is 90.0 Å². The van der Waals surface area contributed by atoms with E-state index in [2.05, 4.69) is 18.2 Å². The Morgan fingerprint density at radius 2 is 1.44 bits per heavy atom. The molecule has 0 aromatic heterocycles. The number of hydrogen-bond acceptors (Lipinski definition) is 7. The molecular weight excluding hydrogens is 452 g/mol. The molecule has 4 atom stereocenters. The van der Waals surface area contributed by atoms with Crippen molar-refractivity contribution in [2.24, 2.45) is 16.7 Å². The SMILES string of the molecule is COc1ccc(C23OC(=N)C(C#N)(C2C)C(C#N)(C#N)C(c2ccc(-c4ccccc4)cc2)O3)cc1. The first kappa shape index (κ1) is 23.1. The monoisotopic (exact) mass is 474 g/mol. The average molecular weight is 475 g/mol. The Hall–Kier alpha value is -4.64. The summed E-state index contributed by atoms with van der Waals surface area (Å²) in [5, 5.41) is 40.0. The molecule has 2 bridgehead atoms. The summed E-state index contributed by atoms with van der Waals surface area (Å²) in [7, 11) is 1.55. The van der Waals surface area contributed by atoms with E-state index in [1.165, 1.54) is 0 Å². The Labute approximate surface area is 209 Å². The molecule has 2 aliphatic heterocycles. The quantitative estimate of drug-likeness (QED) is 0.535. The third kappa shape index (κ3) is 2.83. The summed E-state index contributed by atoms with van der Waals surface area (Å²) in [6.07, 6.45) is -1.15. The number of nitrogens with zero attached hydrogens (tertiary/aromatic N) is 3. The number of nitrogens with one attached hydrogen (secondary N) is 1. The van der Waals surface area contributed by atoms with E-state index in [0.29, 0.717) is 16.9 Å². The fourth-order valence-electron chi connectivity index (χ4n) is 5.47. The van der Waals surface area contributed by atoms with Crippen LogP contribution in [0.1, 0.15) is 24.2 Å². The normalized spacial score (nSPS) is 27.7. The first-order chi connectivity index (χ1) is 17.4. The fraction of sp³-hybridized carbons (Fsp3) is 0.241. The molecule has 2 saturated heterocycles. The lowest BCUT2D eigenvalue weighted by Gasteiger charge is -2.48. The lowest BCUT2D eigenvalue weighted by Crippen LogP contribution is -2.57. The van der Waals surface area contributed by atoms with Gasteiger partial charge < -0.3 is 14.2 Å². The summed E-state index contributed by atoms with van der Waals surface area (Å²) in [6, 6.07) is 30.4. The van der Waals surface area contributed by atoms with E-state index in [9.17, 15) is 15.8 Å². The Kier molecular flexibility index (Phi) is 5.29. The molecule has 36 heavy (non-hydrogen) atoms. The lowest BCUT2D eigenvalue weighted by molar-refractivity contribution is -0.288. The van der Waals surface area contributed by atoms with Crippen molar-refractivity contribution < 1.29 is 14.2 Å². The summed E-state index contributed by atoms with van der Waals surface area (Å²) in [6.45, 7) is 1.69. The van der Waals surface area contributed by atoms with Crippen molar-refractivity contribution in [1.29, 1.82) is 21.2 Å². The van der Waals surface area contributed by atoms with Gasteiger partial charge in [-0.1, -0.05) is 61.5 Å². The largest absolute Gasteiger partial charge is 0.497 e. The molecule has 0 saturated carbocycles. The molecule has 4 unspecified atom stereocenters. The van der Waals surface area contributed by atoms with Gasteiger partial charge in [0.05, 0.1) is 31.2 Å². The van der Waals surface area contributed by atoms with E-state index in [1.807, 2.05) is 42.5 Å². The first-order valence-electron chi connectivity index (χ1n) is 11.4. The highest BCUT2D eigenvalue weighted by Crippen LogP contribution is 2.69. The molecule has 176 valence electrons. The van der Waals surface area contributed by atoms with Crippen LogP contribution in [0.25, 0.3) is 11.1 Å². The minimum absolute atomic E-state index is 0.445. The standard InChI is InChI=1S/C29H22N4O3/c1-19-28(18-32)26(33)36-29(19,23-12-14-24(34-2)15-13-23)35-25(27(28,16-30)17-31)22-10-8-21(9-11-22)20-6-4-3-5-7-20/h3-15,19,25,33H,1-2H3. The summed E-state index contributed by atoms with van der Waals surface area (Å²) in [4.78, 5) is 0. The van der Waals surface area contributed by atoms with Crippen molar-refractivity contribution in [2.75, 3.05) is 7.11 Å². The maximum Gasteiger partial charge on any atom is 0.244 e. The minimum Gasteiger partial charge on any atom is -0.497 e. The van der Waals surface area contributed by atoms with Gasteiger partial charge in [-0.2, -0.15) is 15.8 Å². The molecule has 0 aliphatic carbocycles. The molecule has 0 spiro atoms. The molecule has 0 radical (unpaired) electrons. The molecule has 7 heteroatoms. The first-order valence-corrected chi connectivity index (χ1v) is 11.4. The second-order valence-electron chi connectivity index (χ2n) is 8.99.